The first kappa shape index (κ1) is 38.1. The number of aliphatic hydroxyl groups excluding tert-OH is 1. The molecule has 13 nitrogen and oxygen atoms in total. The molecular formula is C38H50O13Si. The highest BCUT2D eigenvalue weighted by Crippen LogP contribution is 2.67. The maximum atomic E-state index is 15.8. The molecule has 6 rings (SSSR count). The SMILES string of the molecule is CC[Si](CC)(CC)O[C@H]1C[C@H]2OC[C@@]2(OC(C)=O)[C@H]2[C@H](OC(=O)c3ccccc3)[C@]34OC(=O)O[C@H]3[C@H](O)C(C)=C([C@@H](OC(C)=O)C(=O)[C@]12C)C4(C)C. The Bertz CT molecular complexity index is 1680. The van der Waals surface area contributed by atoms with Crippen LogP contribution in [0.5, 0.6) is 0 Å². The van der Waals surface area contributed by atoms with Crippen molar-refractivity contribution in [2.24, 2.45) is 16.7 Å². The highest BCUT2D eigenvalue weighted by atomic mass is 28.4. The van der Waals surface area contributed by atoms with E-state index in [1.54, 1.807) is 58.0 Å². The van der Waals surface area contributed by atoms with Gasteiger partial charge in [-0.2, -0.15) is 0 Å². The number of carbonyl (C=O) groups excluding carboxylic acids is 5. The summed E-state index contributed by atoms with van der Waals surface area (Å²) in [7, 11) is -2.54. The summed E-state index contributed by atoms with van der Waals surface area (Å²) >= 11 is 0. The van der Waals surface area contributed by atoms with E-state index in [1.165, 1.54) is 13.8 Å². The third-order valence-corrected chi connectivity index (χ3v) is 17.6. The lowest BCUT2D eigenvalue weighted by molar-refractivity contribution is -0.344. The van der Waals surface area contributed by atoms with Crippen LogP contribution < -0.4 is 0 Å². The van der Waals surface area contributed by atoms with Gasteiger partial charge in [0.1, 0.15) is 12.2 Å². The summed E-state index contributed by atoms with van der Waals surface area (Å²) in [5.74, 6) is -4.18. The molecule has 2 aliphatic heterocycles. The summed E-state index contributed by atoms with van der Waals surface area (Å²) in [6.07, 6.45) is -9.00. The van der Waals surface area contributed by atoms with Gasteiger partial charge in [-0.05, 0) is 55.3 Å². The van der Waals surface area contributed by atoms with Crippen molar-refractivity contribution >= 4 is 38.2 Å². The molecule has 0 radical (unpaired) electrons. The highest BCUT2D eigenvalue weighted by Gasteiger charge is 2.83. The molecule has 3 aliphatic carbocycles. The van der Waals surface area contributed by atoms with E-state index in [4.69, 9.17) is 32.8 Å². The number of rotatable bonds is 9. The van der Waals surface area contributed by atoms with Crippen LogP contribution in [0.1, 0.15) is 79.1 Å². The van der Waals surface area contributed by atoms with Gasteiger partial charge in [0.05, 0.1) is 29.6 Å². The predicted molar refractivity (Wildman–Crippen MR) is 185 cm³/mol. The van der Waals surface area contributed by atoms with Crippen molar-refractivity contribution in [3.63, 3.8) is 0 Å². The first-order valence-corrected chi connectivity index (χ1v) is 20.7. The summed E-state index contributed by atoms with van der Waals surface area (Å²) in [5, 5.41) is 12.0. The number of esters is 3. The van der Waals surface area contributed by atoms with Gasteiger partial charge in [-0.25, -0.2) is 9.59 Å². The van der Waals surface area contributed by atoms with E-state index in [2.05, 4.69) is 20.8 Å². The monoisotopic (exact) mass is 742 g/mol. The number of carbonyl (C=O) groups is 5. The van der Waals surface area contributed by atoms with Crippen LogP contribution in [0.25, 0.3) is 0 Å². The van der Waals surface area contributed by atoms with E-state index < -0.39 is 103 Å². The number of Topliss-reactive ketones (excluding diaryl/α,β-unsaturated/α-hetero) is 1. The minimum atomic E-state index is -2.54. The molecule has 1 aromatic rings. The molecular weight excluding hydrogens is 692 g/mol. The summed E-state index contributed by atoms with van der Waals surface area (Å²) in [5.41, 5.74) is -6.33. The van der Waals surface area contributed by atoms with Crippen LogP contribution in [-0.4, -0.2) is 97.7 Å². The van der Waals surface area contributed by atoms with Crippen molar-refractivity contribution < 1.29 is 61.9 Å². The minimum absolute atomic E-state index is 0.129. The first-order valence-electron chi connectivity index (χ1n) is 18.2. The molecule has 2 heterocycles. The van der Waals surface area contributed by atoms with E-state index in [0.29, 0.717) is 0 Å². The van der Waals surface area contributed by atoms with Crippen molar-refractivity contribution in [1.82, 2.24) is 0 Å². The molecule has 2 bridgehead atoms. The minimum Gasteiger partial charge on any atom is -0.454 e. The van der Waals surface area contributed by atoms with Gasteiger partial charge in [-0.1, -0.05) is 52.8 Å². The second-order valence-corrected chi connectivity index (χ2v) is 20.3. The second-order valence-electron chi connectivity index (χ2n) is 15.6. The Hall–Kier alpha value is -3.59. The second kappa shape index (κ2) is 13.1. The molecule has 284 valence electrons. The van der Waals surface area contributed by atoms with Crippen molar-refractivity contribution in [2.45, 2.75) is 135 Å². The van der Waals surface area contributed by atoms with E-state index in [-0.39, 0.29) is 29.7 Å². The Morgan fingerprint density at radius 1 is 0.962 bits per heavy atom. The Balaban J connectivity index is 1.74. The Kier molecular flexibility index (Phi) is 9.58. The first-order chi connectivity index (χ1) is 24.4. The van der Waals surface area contributed by atoms with Crippen molar-refractivity contribution in [3.8, 4) is 0 Å². The summed E-state index contributed by atoms with van der Waals surface area (Å²) < 4.78 is 44.3. The smallest absolute Gasteiger partial charge is 0.454 e. The lowest BCUT2D eigenvalue weighted by atomic mass is 9.44. The van der Waals surface area contributed by atoms with Gasteiger partial charge in [-0.3, -0.25) is 14.4 Å². The van der Waals surface area contributed by atoms with E-state index in [9.17, 15) is 24.3 Å². The molecule has 1 spiro atoms. The van der Waals surface area contributed by atoms with Gasteiger partial charge < -0.3 is 38.0 Å². The molecule has 4 fully saturated rings. The molecule has 1 N–H and O–H groups in total. The van der Waals surface area contributed by atoms with Gasteiger partial charge >= 0.3 is 24.1 Å². The summed E-state index contributed by atoms with van der Waals surface area (Å²) in [6, 6.07) is 10.4. The van der Waals surface area contributed by atoms with Crippen LogP contribution in [0, 0.1) is 16.7 Å². The number of fused-ring (bicyclic) bond motifs is 4. The van der Waals surface area contributed by atoms with Gasteiger partial charge in [-0.15, -0.1) is 0 Å². The van der Waals surface area contributed by atoms with Gasteiger partial charge in [0, 0.05) is 25.7 Å². The summed E-state index contributed by atoms with van der Waals surface area (Å²) in [4.78, 5) is 69.8. The number of aliphatic hydroxyl groups is 1. The molecule has 1 aromatic carbocycles. The average molecular weight is 743 g/mol. The maximum absolute atomic E-state index is 15.8. The number of hydrogen-bond donors (Lipinski definition) is 1. The van der Waals surface area contributed by atoms with Crippen molar-refractivity contribution in [2.75, 3.05) is 6.61 Å². The largest absolute Gasteiger partial charge is 0.509 e. The van der Waals surface area contributed by atoms with E-state index in [0.717, 1.165) is 18.1 Å². The van der Waals surface area contributed by atoms with Crippen LogP contribution in [-0.2, 0) is 47.2 Å². The highest BCUT2D eigenvalue weighted by molar-refractivity contribution is 6.73. The molecule has 14 heteroatoms. The summed E-state index contributed by atoms with van der Waals surface area (Å²) in [6.45, 7) is 15.0. The molecule has 5 aliphatic rings. The molecule has 0 amide bonds. The number of ketones is 1. The predicted octanol–water partition coefficient (Wildman–Crippen LogP) is 4.84. The zero-order chi connectivity index (χ0) is 38.2. The third-order valence-electron chi connectivity index (χ3n) is 13.0. The molecule has 10 atom stereocenters. The Morgan fingerprint density at radius 3 is 2.13 bits per heavy atom. The zero-order valence-electron chi connectivity index (χ0n) is 31.3. The van der Waals surface area contributed by atoms with Crippen LogP contribution in [0.15, 0.2) is 41.5 Å². The lowest BCUT2D eigenvalue weighted by Crippen LogP contribution is -2.83. The topological polar surface area (TPSA) is 170 Å². The third kappa shape index (κ3) is 5.22. The molecule has 52 heavy (non-hydrogen) atoms. The average Bonchev–Trinajstić information content (AvgIpc) is 3.47. The Labute approximate surface area is 304 Å². The fraction of sp³-hybridized carbons (Fsp3) is 0.658. The molecule has 0 unspecified atom stereocenters. The van der Waals surface area contributed by atoms with Crippen LogP contribution in [0.4, 0.5) is 4.79 Å². The number of hydrogen-bond acceptors (Lipinski definition) is 13. The Morgan fingerprint density at radius 2 is 1.60 bits per heavy atom. The fourth-order valence-corrected chi connectivity index (χ4v) is 13.0. The van der Waals surface area contributed by atoms with Gasteiger partial charge in [0.15, 0.2) is 38.0 Å². The quantitative estimate of drug-likeness (QED) is 0.158. The van der Waals surface area contributed by atoms with E-state index >= 15 is 4.79 Å². The normalized spacial score (nSPS) is 37.5. The van der Waals surface area contributed by atoms with Crippen LogP contribution in [0.3, 0.4) is 0 Å². The molecule has 2 saturated heterocycles. The molecule has 0 aromatic heterocycles. The van der Waals surface area contributed by atoms with Gasteiger partial charge in [0.25, 0.3) is 0 Å². The lowest BCUT2D eigenvalue weighted by Gasteiger charge is -2.68. The number of ether oxygens (including phenoxy) is 6. The van der Waals surface area contributed by atoms with Crippen molar-refractivity contribution in [3.05, 3.63) is 47.0 Å². The van der Waals surface area contributed by atoms with Gasteiger partial charge in [0.2, 0.25) is 5.60 Å². The van der Waals surface area contributed by atoms with Crippen molar-refractivity contribution in [1.29, 1.82) is 0 Å². The fourth-order valence-electron chi connectivity index (χ4n) is 10.1. The zero-order valence-corrected chi connectivity index (χ0v) is 32.3. The standard InChI is InChI=1S/C38H50O13Si/c1-10-52(11-2,12-3)51-24-18-25-37(19-45-25,49-22(6)40)29-32(47-33(43)23-16-14-13-15-17-23)38-31(48-34(44)50-38)27(41)20(4)26(35(38,7)8)28(46-21(5)39)30(42)36(24,29)9/h13-17,24-25,27-29,31-32,41H,10-12,18-19H2,1-9H3/t24-,25+,27+,28+,29-,31-,32-,36+,37-,38+/m0/s1. The van der Waals surface area contributed by atoms with Crippen LogP contribution in [0.2, 0.25) is 18.1 Å². The van der Waals surface area contributed by atoms with Crippen LogP contribution >= 0.6 is 0 Å². The van der Waals surface area contributed by atoms with E-state index in [1.807, 2.05) is 0 Å². The molecule has 2 saturated carbocycles. The number of benzene rings is 1. The maximum Gasteiger partial charge on any atom is 0.509 e.